The fourth-order valence-electron chi connectivity index (χ4n) is 2.26. The number of nitriles is 1. The van der Waals surface area contributed by atoms with Gasteiger partial charge in [0.1, 0.15) is 5.41 Å². The maximum Gasteiger partial charge on any atom is 0.236 e. The van der Waals surface area contributed by atoms with Crippen molar-refractivity contribution in [1.29, 1.82) is 5.26 Å². The van der Waals surface area contributed by atoms with Crippen LogP contribution in [0.25, 0.3) is 0 Å². The number of primary amides is 1. The summed E-state index contributed by atoms with van der Waals surface area (Å²) in [5, 5.41) is 11.5. The third kappa shape index (κ3) is 1.93. The van der Waals surface area contributed by atoms with Crippen LogP contribution < -0.4 is 11.1 Å². The summed E-state index contributed by atoms with van der Waals surface area (Å²) in [5.74, 6) is -0.933. The lowest BCUT2D eigenvalue weighted by Gasteiger charge is -2.22. The van der Waals surface area contributed by atoms with Crippen molar-refractivity contribution < 1.29 is 9.59 Å². The van der Waals surface area contributed by atoms with Crippen LogP contribution in [-0.4, -0.2) is 18.4 Å². The molecule has 2 rings (SSSR count). The Hall–Kier alpha value is -2.35. The number of hydrogen-bond donors (Lipinski definition) is 2. The Morgan fingerprint density at radius 1 is 1.56 bits per heavy atom. The van der Waals surface area contributed by atoms with Crippen LogP contribution in [0.4, 0.5) is 0 Å². The SMILES string of the molecule is N#Cc1cccc(C[C@@]2(C(N)=O)CCNC2=O)c1. The van der Waals surface area contributed by atoms with Crippen molar-refractivity contribution in [3.8, 4) is 6.07 Å². The Kier molecular flexibility index (Phi) is 3.02. The van der Waals surface area contributed by atoms with Gasteiger partial charge in [0, 0.05) is 6.54 Å². The van der Waals surface area contributed by atoms with Crippen molar-refractivity contribution in [1.82, 2.24) is 5.32 Å². The van der Waals surface area contributed by atoms with Crippen molar-refractivity contribution >= 4 is 11.8 Å². The Bertz CT molecular complexity index is 547. The minimum absolute atomic E-state index is 0.240. The molecule has 1 aliphatic heterocycles. The molecular weight excluding hydrogens is 230 g/mol. The van der Waals surface area contributed by atoms with Gasteiger partial charge in [-0.05, 0) is 30.5 Å². The fourth-order valence-corrected chi connectivity index (χ4v) is 2.26. The van der Waals surface area contributed by atoms with E-state index in [-0.39, 0.29) is 12.3 Å². The van der Waals surface area contributed by atoms with E-state index in [0.717, 1.165) is 5.56 Å². The number of hydrogen-bond acceptors (Lipinski definition) is 3. The lowest BCUT2D eigenvalue weighted by molar-refractivity contribution is -0.138. The number of nitrogens with zero attached hydrogens (tertiary/aromatic N) is 1. The molecule has 1 aromatic rings. The summed E-state index contributed by atoms with van der Waals surface area (Å²) in [4.78, 5) is 23.4. The highest BCUT2D eigenvalue weighted by atomic mass is 16.2. The third-order valence-electron chi connectivity index (χ3n) is 3.31. The van der Waals surface area contributed by atoms with Gasteiger partial charge >= 0.3 is 0 Å². The molecule has 1 heterocycles. The van der Waals surface area contributed by atoms with Crippen LogP contribution in [0.5, 0.6) is 0 Å². The van der Waals surface area contributed by atoms with Gasteiger partial charge in [-0.3, -0.25) is 9.59 Å². The van der Waals surface area contributed by atoms with Crippen molar-refractivity contribution in [2.45, 2.75) is 12.8 Å². The molecule has 3 N–H and O–H groups in total. The molecule has 0 aromatic heterocycles. The highest BCUT2D eigenvalue weighted by Gasteiger charge is 2.47. The number of carbonyl (C=O) groups excluding carboxylic acids is 2. The molecule has 2 amide bonds. The van der Waals surface area contributed by atoms with E-state index in [1.165, 1.54) is 0 Å². The third-order valence-corrected chi connectivity index (χ3v) is 3.31. The first-order chi connectivity index (χ1) is 8.58. The van der Waals surface area contributed by atoms with Gasteiger partial charge in [-0.25, -0.2) is 0 Å². The summed E-state index contributed by atoms with van der Waals surface area (Å²) in [6.07, 6.45) is 0.641. The summed E-state index contributed by atoms with van der Waals surface area (Å²) < 4.78 is 0. The highest BCUT2D eigenvalue weighted by Crippen LogP contribution is 2.31. The van der Waals surface area contributed by atoms with E-state index in [4.69, 9.17) is 11.0 Å². The van der Waals surface area contributed by atoms with Crippen LogP contribution in [-0.2, 0) is 16.0 Å². The topological polar surface area (TPSA) is 96.0 Å². The molecule has 0 radical (unpaired) electrons. The van der Waals surface area contributed by atoms with Gasteiger partial charge in [0.25, 0.3) is 0 Å². The number of nitrogens with one attached hydrogen (secondary N) is 1. The molecule has 5 nitrogen and oxygen atoms in total. The zero-order valence-electron chi connectivity index (χ0n) is 9.77. The second-order valence-corrected chi connectivity index (χ2v) is 4.44. The fraction of sp³-hybridized carbons (Fsp3) is 0.308. The molecule has 0 spiro atoms. The number of rotatable bonds is 3. The van der Waals surface area contributed by atoms with Crippen LogP contribution >= 0.6 is 0 Å². The normalized spacial score (nSPS) is 22.3. The molecule has 18 heavy (non-hydrogen) atoms. The van der Waals surface area contributed by atoms with Crippen LogP contribution in [0.3, 0.4) is 0 Å². The summed E-state index contributed by atoms with van der Waals surface area (Å²) in [5.41, 5.74) is 5.48. The van der Waals surface area contributed by atoms with Crippen LogP contribution in [0.1, 0.15) is 17.5 Å². The predicted octanol–water partition coefficient (Wildman–Crippen LogP) is 0.0924. The van der Waals surface area contributed by atoms with Gasteiger partial charge in [0.05, 0.1) is 11.6 Å². The number of benzene rings is 1. The van der Waals surface area contributed by atoms with E-state index in [9.17, 15) is 9.59 Å². The van der Waals surface area contributed by atoms with Gasteiger partial charge in [0.15, 0.2) is 0 Å². The molecule has 5 heteroatoms. The molecule has 1 fully saturated rings. The van der Waals surface area contributed by atoms with Gasteiger partial charge in [0.2, 0.25) is 11.8 Å². The van der Waals surface area contributed by atoms with E-state index >= 15 is 0 Å². The minimum atomic E-state index is -1.17. The summed E-state index contributed by atoms with van der Waals surface area (Å²) in [6.45, 7) is 0.458. The van der Waals surface area contributed by atoms with Crippen molar-refractivity contribution in [2.75, 3.05) is 6.54 Å². The first-order valence-electron chi connectivity index (χ1n) is 5.66. The van der Waals surface area contributed by atoms with E-state index < -0.39 is 11.3 Å². The Morgan fingerprint density at radius 2 is 2.33 bits per heavy atom. The second kappa shape index (κ2) is 4.49. The molecule has 1 aromatic carbocycles. The predicted molar refractivity (Wildman–Crippen MR) is 64.1 cm³/mol. The lowest BCUT2D eigenvalue weighted by Crippen LogP contribution is -2.44. The van der Waals surface area contributed by atoms with Crippen molar-refractivity contribution in [3.05, 3.63) is 35.4 Å². The minimum Gasteiger partial charge on any atom is -0.369 e. The van der Waals surface area contributed by atoms with Gasteiger partial charge < -0.3 is 11.1 Å². The van der Waals surface area contributed by atoms with Crippen LogP contribution in [0, 0.1) is 16.7 Å². The average molecular weight is 243 g/mol. The molecule has 0 unspecified atom stereocenters. The second-order valence-electron chi connectivity index (χ2n) is 4.44. The molecule has 1 saturated heterocycles. The zero-order chi connectivity index (χ0) is 13.2. The molecule has 1 aliphatic rings. The zero-order valence-corrected chi connectivity index (χ0v) is 9.77. The standard InChI is InChI=1S/C13H13N3O2/c14-8-10-3-1-2-9(6-10)7-13(11(15)17)4-5-16-12(13)18/h1-3,6H,4-5,7H2,(H2,15,17)(H,16,18)/t13-/m1/s1. The quantitative estimate of drug-likeness (QED) is 0.736. The first kappa shape index (κ1) is 12.1. The number of carbonyl (C=O) groups is 2. The van der Waals surface area contributed by atoms with E-state index in [1.807, 2.05) is 6.07 Å². The maximum atomic E-state index is 11.8. The summed E-state index contributed by atoms with van der Waals surface area (Å²) >= 11 is 0. The molecule has 92 valence electrons. The van der Waals surface area contributed by atoms with E-state index in [1.54, 1.807) is 24.3 Å². The van der Waals surface area contributed by atoms with Crippen LogP contribution in [0.2, 0.25) is 0 Å². The van der Waals surface area contributed by atoms with Crippen molar-refractivity contribution in [2.24, 2.45) is 11.1 Å². The lowest BCUT2D eigenvalue weighted by atomic mass is 9.79. The van der Waals surface area contributed by atoms with Gasteiger partial charge in [-0.1, -0.05) is 12.1 Å². The Labute approximate surface area is 105 Å². The van der Waals surface area contributed by atoms with Gasteiger partial charge in [-0.15, -0.1) is 0 Å². The molecule has 0 saturated carbocycles. The Balaban J connectivity index is 2.33. The maximum absolute atomic E-state index is 11.8. The molecular formula is C13H13N3O2. The largest absolute Gasteiger partial charge is 0.369 e. The number of amides is 2. The van der Waals surface area contributed by atoms with Crippen molar-refractivity contribution in [3.63, 3.8) is 0 Å². The van der Waals surface area contributed by atoms with Crippen LogP contribution in [0.15, 0.2) is 24.3 Å². The van der Waals surface area contributed by atoms with E-state index in [0.29, 0.717) is 18.5 Å². The Morgan fingerprint density at radius 3 is 2.89 bits per heavy atom. The monoisotopic (exact) mass is 243 g/mol. The van der Waals surface area contributed by atoms with Gasteiger partial charge in [-0.2, -0.15) is 5.26 Å². The molecule has 1 atom stereocenters. The summed E-state index contributed by atoms with van der Waals surface area (Å²) in [7, 11) is 0. The first-order valence-corrected chi connectivity index (χ1v) is 5.66. The average Bonchev–Trinajstić information content (AvgIpc) is 2.72. The smallest absolute Gasteiger partial charge is 0.236 e. The van der Waals surface area contributed by atoms with E-state index in [2.05, 4.69) is 5.32 Å². The highest BCUT2D eigenvalue weighted by molar-refractivity contribution is 6.06. The molecule has 0 bridgehead atoms. The summed E-state index contributed by atoms with van der Waals surface area (Å²) in [6, 6.07) is 8.90. The molecule has 0 aliphatic carbocycles. The number of nitrogens with two attached hydrogens (primary N) is 1.